The number of aliphatic hydroxyl groups is 3. The number of fused-ring (bicyclic) bond motifs is 1. The number of aromatic nitrogens is 4. The third-order valence-corrected chi connectivity index (χ3v) is 3.49. The molecule has 0 aromatic carbocycles. The minimum absolute atomic E-state index is 0.376. The van der Waals surface area contributed by atoms with Crippen LogP contribution in [0.15, 0.2) is 12.7 Å². The van der Waals surface area contributed by atoms with Crippen LogP contribution in [0, 0.1) is 0 Å². The summed E-state index contributed by atoms with van der Waals surface area (Å²) in [5.74, 6) is 0.591. The van der Waals surface area contributed by atoms with Crippen molar-refractivity contribution in [3.63, 3.8) is 0 Å². The molecule has 1 saturated heterocycles. The van der Waals surface area contributed by atoms with Crippen LogP contribution in [0.3, 0.4) is 0 Å². The van der Waals surface area contributed by atoms with E-state index in [1.54, 1.807) is 0 Å². The van der Waals surface area contributed by atoms with Gasteiger partial charge in [0.1, 0.15) is 24.6 Å². The average Bonchev–Trinajstić information content (AvgIpc) is 3.03. The smallest absolute Gasteiger partial charge is 0.167 e. The van der Waals surface area contributed by atoms with Crippen LogP contribution in [0.4, 0.5) is 5.82 Å². The van der Waals surface area contributed by atoms with Crippen LogP contribution in [0.25, 0.3) is 11.2 Å². The molecule has 0 amide bonds. The van der Waals surface area contributed by atoms with Crippen molar-refractivity contribution in [3.05, 3.63) is 12.7 Å². The van der Waals surface area contributed by atoms with E-state index in [9.17, 15) is 10.2 Å². The first-order valence-corrected chi connectivity index (χ1v) is 6.71. The molecule has 3 rings (SSSR count). The first-order valence-electron chi connectivity index (χ1n) is 6.71. The van der Waals surface area contributed by atoms with Crippen molar-refractivity contribution in [1.82, 2.24) is 19.5 Å². The lowest BCUT2D eigenvalue weighted by atomic mass is 10.1. The highest BCUT2D eigenvalue weighted by atomic mass is 16.6. The first-order chi connectivity index (χ1) is 10.2. The fourth-order valence-electron chi connectivity index (χ4n) is 2.44. The predicted molar refractivity (Wildman–Crippen MR) is 72.5 cm³/mol. The van der Waals surface area contributed by atoms with Crippen LogP contribution in [0.2, 0.25) is 0 Å². The molecule has 0 aliphatic carbocycles. The van der Waals surface area contributed by atoms with Gasteiger partial charge in [-0.3, -0.25) is 4.57 Å². The van der Waals surface area contributed by atoms with Crippen molar-refractivity contribution in [2.75, 3.05) is 18.5 Å². The summed E-state index contributed by atoms with van der Waals surface area (Å²) in [7, 11) is 0. The van der Waals surface area contributed by atoms with Gasteiger partial charge < -0.3 is 25.4 Å². The lowest BCUT2D eigenvalue weighted by Gasteiger charge is -2.16. The molecule has 1 unspecified atom stereocenters. The molecule has 0 bridgehead atoms. The standard InChI is InChI=1S/C12H17N5O4/c1-2-13-10-7-11(15-4-14-10)17(5-16-7)12-9(20)8(19)6(3-18)21-12/h4-6,8-9,12,18-20H,2-3H2,1H3,(H,13,14,15)/t6-,8+,9?,12-/m1/s1. The molecule has 2 aromatic heterocycles. The van der Waals surface area contributed by atoms with Gasteiger partial charge in [-0.2, -0.15) is 0 Å². The third kappa shape index (κ3) is 2.23. The Morgan fingerprint density at radius 1 is 1.29 bits per heavy atom. The fourth-order valence-corrected chi connectivity index (χ4v) is 2.44. The van der Waals surface area contributed by atoms with E-state index in [2.05, 4.69) is 20.3 Å². The van der Waals surface area contributed by atoms with Gasteiger partial charge in [0, 0.05) is 6.54 Å². The number of ether oxygens (including phenoxy) is 1. The molecular formula is C12H17N5O4. The van der Waals surface area contributed by atoms with Crippen molar-refractivity contribution >= 4 is 17.0 Å². The molecule has 0 radical (unpaired) electrons. The first kappa shape index (κ1) is 14.1. The molecule has 0 saturated carbocycles. The number of nitrogens with zero attached hydrogens (tertiary/aromatic N) is 4. The van der Waals surface area contributed by atoms with Crippen molar-refractivity contribution < 1.29 is 20.1 Å². The van der Waals surface area contributed by atoms with E-state index in [1.807, 2.05) is 6.92 Å². The topological polar surface area (TPSA) is 126 Å². The molecular weight excluding hydrogens is 278 g/mol. The second kappa shape index (κ2) is 5.53. The molecule has 9 nitrogen and oxygen atoms in total. The van der Waals surface area contributed by atoms with Crippen LogP contribution in [-0.2, 0) is 4.74 Å². The molecule has 21 heavy (non-hydrogen) atoms. The number of imidazole rings is 1. The number of hydrogen-bond acceptors (Lipinski definition) is 8. The summed E-state index contributed by atoms with van der Waals surface area (Å²) in [6, 6.07) is 0. The zero-order valence-corrected chi connectivity index (χ0v) is 11.4. The van der Waals surface area contributed by atoms with E-state index >= 15 is 0 Å². The van der Waals surface area contributed by atoms with E-state index in [0.29, 0.717) is 23.5 Å². The summed E-state index contributed by atoms with van der Waals surface area (Å²) in [4.78, 5) is 12.5. The Bertz CT molecular complexity index is 633. The van der Waals surface area contributed by atoms with Crippen molar-refractivity contribution in [2.24, 2.45) is 0 Å². The lowest BCUT2D eigenvalue weighted by Crippen LogP contribution is -2.33. The molecule has 3 heterocycles. The van der Waals surface area contributed by atoms with Gasteiger partial charge in [-0.25, -0.2) is 15.0 Å². The highest BCUT2D eigenvalue weighted by molar-refractivity contribution is 5.82. The maximum absolute atomic E-state index is 10.1. The summed E-state index contributed by atoms with van der Waals surface area (Å²) in [6.07, 6.45) is -1.16. The Balaban J connectivity index is 2.00. The number of anilines is 1. The monoisotopic (exact) mass is 295 g/mol. The van der Waals surface area contributed by atoms with Gasteiger partial charge in [-0.1, -0.05) is 0 Å². The average molecular weight is 295 g/mol. The van der Waals surface area contributed by atoms with Gasteiger partial charge >= 0.3 is 0 Å². The molecule has 2 aromatic rings. The summed E-state index contributed by atoms with van der Waals surface area (Å²) < 4.78 is 7.01. The Morgan fingerprint density at radius 3 is 2.76 bits per heavy atom. The van der Waals surface area contributed by atoms with Crippen molar-refractivity contribution in [1.29, 1.82) is 0 Å². The minimum atomic E-state index is -1.17. The molecule has 4 atom stereocenters. The second-order valence-electron chi connectivity index (χ2n) is 4.81. The number of nitrogens with one attached hydrogen (secondary N) is 1. The fraction of sp³-hybridized carbons (Fsp3) is 0.583. The van der Waals surface area contributed by atoms with Gasteiger partial charge in [0.25, 0.3) is 0 Å². The van der Waals surface area contributed by atoms with Crippen LogP contribution < -0.4 is 5.32 Å². The van der Waals surface area contributed by atoms with E-state index in [4.69, 9.17) is 9.84 Å². The van der Waals surface area contributed by atoms with E-state index in [0.717, 1.165) is 0 Å². The quantitative estimate of drug-likeness (QED) is 0.558. The van der Waals surface area contributed by atoms with Gasteiger partial charge in [0.15, 0.2) is 23.2 Å². The van der Waals surface area contributed by atoms with Gasteiger partial charge in [0.05, 0.1) is 12.9 Å². The SMILES string of the molecule is CCNc1ncnc2c1ncn2[C@@H]1O[C@H](CO)[C@H](O)C1O. The molecule has 1 aliphatic heterocycles. The minimum Gasteiger partial charge on any atom is -0.394 e. The Kier molecular flexibility index (Phi) is 3.72. The van der Waals surface area contributed by atoms with Crippen LogP contribution >= 0.6 is 0 Å². The highest BCUT2D eigenvalue weighted by Gasteiger charge is 2.43. The number of aliphatic hydroxyl groups excluding tert-OH is 3. The number of rotatable bonds is 4. The largest absolute Gasteiger partial charge is 0.394 e. The number of hydrogen-bond donors (Lipinski definition) is 4. The molecule has 9 heteroatoms. The van der Waals surface area contributed by atoms with Gasteiger partial charge in [-0.15, -0.1) is 0 Å². The van der Waals surface area contributed by atoms with Crippen LogP contribution in [0.1, 0.15) is 13.2 Å². The van der Waals surface area contributed by atoms with Crippen molar-refractivity contribution in [3.8, 4) is 0 Å². The summed E-state index contributed by atoms with van der Waals surface area (Å²) in [6.45, 7) is 2.25. The third-order valence-electron chi connectivity index (χ3n) is 3.49. The molecule has 4 N–H and O–H groups in total. The normalized spacial score (nSPS) is 29.1. The zero-order valence-electron chi connectivity index (χ0n) is 11.4. The second-order valence-corrected chi connectivity index (χ2v) is 4.81. The Labute approximate surface area is 120 Å². The summed E-state index contributed by atoms with van der Waals surface area (Å²) >= 11 is 0. The van der Waals surface area contributed by atoms with Gasteiger partial charge in [0.2, 0.25) is 0 Å². The van der Waals surface area contributed by atoms with E-state index < -0.39 is 24.5 Å². The van der Waals surface area contributed by atoms with Crippen LogP contribution in [-0.4, -0.2) is 66.3 Å². The predicted octanol–water partition coefficient (Wildman–Crippen LogP) is -1.13. The van der Waals surface area contributed by atoms with Gasteiger partial charge in [-0.05, 0) is 6.92 Å². The zero-order chi connectivity index (χ0) is 15.0. The maximum atomic E-state index is 10.1. The molecule has 1 aliphatic rings. The Morgan fingerprint density at radius 2 is 2.10 bits per heavy atom. The van der Waals surface area contributed by atoms with E-state index in [1.165, 1.54) is 17.2 Å². The summed E-state index contributed by atoms with van der Waals surface area (Å²) in [5.41, 5.74) is 1.04. The Hall–Kier alpha value is -1.81. The molecule has 1 fully saturated rings. The van der Waals surface area contributed by atoms with E-state index in [-0.39, 0.29) is 6.61 Å². The summed E-state index contributed by atoms with van der Waals surface area (Å²) in [5, 5.41) is 32.1. The van der Waals surface area contributed by atoms with Crippen molar-refractivity contribution in [2.45, 2.75) is 31.5 Å². The van der Waals surface area contributed by atoms with Crippen LogP contribution in [0.5, 0.6) is 0 Å². The molecule has 0 spiro atoms. The molecule has 114 valence electrons. The lowest BCUT2D eigenvalue weighted by molar-refractivity contribution is -0.0511. The maximum Gasteiger partial charge on any atom is 0.167 e. The highest BCUT2D eigenvalue weighted by Crippen LogP contribution is 2.31.